The van der Waals surface area contributed by atoms with Gasteiger partial charge in [0, 0.05) is 58.4 Å². The first-order chi connectivity index (χ1) is 24.4. The van der Waals surface area contributed by atoms with E-state index in [9.17, 15) is 18.0 Å². The normalized spacial score (nSPS) is 11.6. The van der Waals surface area contributed by atoms with Crippen molar-refractivity contribution in [2.45, 2.75) is 38.9 Å². The molecular formula is C34H34ClN9O6S. The van der Waals surface area contributed by atoms with Crippen molar-refractivity contribution in [2.75, 3.05) is 29.2 Å². The lowest BCUT2D eigenvalue weighted by Crippen LogP contribution is -2.41. The Hall–Kier alpha value is -5.74. The first-order valence-electron chi connectivity index (χ1n) is 15.7. The molecule has 51 heavy (non-hydrogen) atoms. The van der Waals surface area contributed by atoms with Crippen molar-refractivity contribution < 1.29 is 17.9 Å². The van der Waals surface area contributed by atoms with Crippen LogP contribution in [0.4, 0.5) is 17.7 Å². The molecule has 0 amide bonds. The number of methoxy groups -OCH3 is 2. The van der Waals surface area contributed by atoms with Crippen LogP contribution in [0.3, 0.4) is 0 Å². The monoisotopic (exact) mass is 731 g/mol. The minimum atomic E-state index is -4.26. The van der Waals surface area contributed by atoms with Crippen LogP contribution < -0.4 is 35.5 Å². The number of nitrogens with one attached hydrogen (secondary N) is 3. The molecule has 6 aromatic rings. The van der Waals surface area contributed by atoms with Gasteiger partial charge in [-0.1, -0.05) is 29.8 Å². The highest BCUT2D eigenvalue weighted by molar-refractivity contribution is 7.91. The number of benzene rings is 2. The van der Waals surface area contributed by atoms with Gasteiger partial charge in [0.1, 0.15) is 11.7 Å². The van der Waals surface area contributed by atoms with E-state index in [0.29, 0.717) is 27.0 Å². The first kappa shape index (κ1) is 35.1. The Morgan fingerprint density at radius 2 is 1.55 bits per heavy atom. The zero-order valence-corrected chi connectivity index (χ0v) is 29.6. The number of hydrogen-bond acceptors (Lipinski definition) is 12. The highest BCUT2D eigenvalue weighted by Gasteiger charge is 2.29. The number of hydrogen-bond donors (Lipinski definition) is 3. The maximum Gasteiger partial charge on any atom is 0.257 e. The summed E-state index contributed by atoms with van der Waals surface area (Å²) >= 11 is 6.31. The number of sulfonamides is 1. The molecule has 2 aromatic carbocycles. The average molecular weight is 732 g/mol. The van der Waals surface area contributed by atoms with Crippen molar-refractivity contribution in [1.82, 2.24) is 29.5 Å². The van der Waals surface area contributed by atoms with Crippen molar-refractivity contribution in [3.63, 3.8) is 0 Å². The number of H-pyrrole nitrogens is 1. The fourth-order valence-electron chi connectivity index (χ4n) is 5.55. The van der Waals surface area contributed by atoms with Crippen LogP contribution in [0.15, 0.2) is 82.5 Å². The molecule has 0 unspecified atom stereocenters. The molecule has 6 rings (SSSR count). The van der Waals surface area contributed by atoms with E-state index in [1.165, 1.54) is 37.1 Å². The predicted octanol–water partition coefficient (Wildman–Crippen LogP) is 4.52. The fraction of sp³-hybridized carbons (Fsp3) is 0.235. The molecule has 0 bridgehead atoms. The second-order valence-electron chi connectivity index (χ2n) is 11.7. The van der Waals surface area contributed by atoms with Crippen LogP contribution in [0.2, 0.25) is 5.02 Å². The van der Waals surface area contributed by atoms with Crippen LogP contribution in [0, 0.1) is 0 Å². The standard InChI is InChI=1S/C34H34ClN9O6S/c1-20(2)44(28-11-12-36-33(40-28)37-17-23-13-21-7-5-6-8-26(21)39-31(23)45)51(47,48)19-43-27-10-9-25(35)15-22(27)14-24(32(43)46)18-38-34-41-29(49-3)16-30(42-34)50-4/h5-16,20H,17-19H2,1-4H3,(H,39,45)(H,36,37,40)(H,38,41,42). The van der Waals surface area contributed by atoms with Crippen LogP contribution in [-0.4, -0.2) is 58.2 Å². The number of ether oxygens (including phenoxy) is 2. The molecule has 0 fully saturated rings. The maximum absolute atomic E-state index is 14.2. The summed E-state index contributed by atoms with van der Waals surface area (Å²) in [5.74, 6) is 0.119. The van der Waals surface area contributed by atoms with Crippen molar-refractivity contribution in [3.8, 4) is 11.8 Å². The minimum Gasteiger partial charge on any atom is -0.481 e. The highest BCUT2D eigenvalue weighted by Crippen LogP contribution is 2.25. The molecule has 0 aliphatic heterocycles. The second-order valence-corrected chi connectivity index (χ2v) is 13.9. The third-order valence-electron chi connectivity index (χ3n) is 7.86. The highest BCUT2D eigenvalue weighted by atomic mass is 35.5. The summed E-state index contributed by atoms with van der Waals surface area (Å²) in [6.07, 6.45) is 1.42. The number of nitrogens with zero attached hydrogens (tertiary/aromatic N) is 6. The Balaban J connectivity index is 1.30. The molecule has 0 aliphatic rings. The molecule has 0 spiro atoms. The van der Waals surface area contributed by atoms with Gasteiger partial charge in [-0.2, -0.15) is 15.0 Å². The Kier molecular flexibility index (Phi) is 10.1. The summed E-state index contributed by atoms with van der Waals surface area (Å²) in [5.41, 5.74) is 0.949. The molecule has 4 heterocycles. The number of para-hydroxylation sites is 1. The molecule has 0 atom stereocenters. The third-order valence-corrected chi connectivity index (χ3v) is 9.89. The summed E-state index contributed by atoms with van der Waals surface area (Å²) in [4.78, 5) is 46.7. The lowest BCUT2D eigenvalue weighted by Gasteiger charge is -2.28. The third kappa shape index (κ3) is 7.71. The number of anilines is 3. The summed E-state index contributed by atoms with van der Waals surface area (Å²) in [5, 5.41) is 7.84. The Morgan fingerprint density at radius 3 is 2.27 bits per heavy atom. The van der Waals surface area contributed by atoms with E-state index in [1.54, 1.807) is 44.2 Å². The van der Waals surface area contributed by atoms with E-state index in [4.69, 9.17) is 21.1 Å². The number of fused-ring (bicyclic) bond motifs is 2. The fourth-order valence-corrected chi connectivity index (χ4v) is 7.47. The molecule has 0 aliphatic carbocycles. The lowest BCUT2D eigenvalue weighted by molar-refractivity contribution is 0.373. The molecule has 0 radical (unpaired) electrons. The number of rotatable bonds is 13. The van der Waals surface area contributed by atoms with E-state index in [1.807, 2.05) is 24.3 Å². The molecule has 3 N–H and O–H groups in total. The summed E-state index contributed by atoms with van der Waals surface area (Å²) in [7, 11) is -1.36. The molecular weight excluding hydrogens is 698 g/mol. The van der Waals surface area contributed by atoms with Crippen molar-refractivity contribution in [1.29, 1.82) is 0 Å². The minimum absolute atomic E-state index is 0.0491. The van der Waals surface area contributed by atoms with Gasteiger partial charge in [0.25, 0.3) is 21.1 Å². The molecule has 264 valence electrons. The van der Waals surface area contributed by atoms with Gasteiger partial charge >= 0.3 is 0 Å². The molecule has 0 saturated heterocycles. The van der Waals surface area contributed by atoms with Gasteiger partial charge in [0.15, 0.2) is 0 Å². The van der Waals surface area contributed by atoms with E-state index in [0.717, 1.165) is 9.69 Å². The van der Waals surface area contributed by atoms with Gasteiger partial charge in [-0.25, -0.2) is 17.7 Å². The predicted molar refractivity (Wildman–Crippen MR) is 196 cm³/mol. The molecule has 15 nitrogen and oxygen atoms in total. The Bertz CT molecular complexity index is 2450. The van der Waals surface area contributed by atoms with Crippen LogP contribution in [0.5, 0.6) is 11.8 Å². The maximum atomic E-state index is 14.2. The van der Waals surface area contributed by atoms with E-state index >= 15 is 0 Å². The van der Waals surface area contributed by atoms with E-state index in [2.05, 4.69) is 35.6 Å². The van der Waals surface area contributed by atoms with Gasteiger partial charge in [-0.3, -0.25) is 14.2 Å². The topological polar surface area (TPSA) is 186 Å². The average Bonchev–Trinajstić information content (AvgIpc) is 3.10. The van der Waals surface area contributed by atoms with Crippen molar-refractivity contribution in [2.24, 2.45) is 0 Å². The smallest absolute Gasteiger partial charge is 0.257 e. The zero-order chi connectivity index (χ0) is 36.3. The second kappa shape index (κ2) is 14.6. The van der Waals surface area contributed by atoms with Gasteiger partial charge in [-0.15, -0.1) is 0 Å². The van der Waals surface area contributed by atoms with Crippen LogP contribution in [0.25, 0.3) is 21.8 Å². The number of halogens is 1. The van der Waals surface area contributed by atoms with Crippen molar-refractivity contribution >= 4 is 61.1 Å². The molecule has 0 saturated carbocycles. The largest absolute Gasteiger partial charge is 0.481 e. The Morgan fingerprint density at radius 1 is 0.863 bits per heavy atom. The van der Waals surface area contributed by atoms with E-state index in [-0.39, 0.29) is 53.7 Å². The van der Waals surface area contributed by atoms with Gasteiger partial charge < -0.3 is 25.1 Å². The number of pyridine rings is 2. The SMILES string of the molecule is COc1cc(OC)nc(NCc2cc3cc(Cl)ccc3n(CS(=O)(=O)N(c3ccnc(NCc4cc5ccccc5[nH]c4=O)n3)C(C)C)c2=O)n1. The van der Waals surface area contributed by atoms with Crippen LogP contribution >= 0.6 is 11.6 Å². The quantitative estimate of drug-likeness (QED) is 0.151. The van der Waals surface area contributed by atoms with Gasteiger partial charge in [0.2, 0.25) is 23.7 Å². The summed E-state index contributed by atoms with van der Waals surface area (Å²) < 4.78 is 41.2. The van der Waals surface area contributed by atoms with Gasteiger partial charge in [-0.05, 0) is 55.6 Å². The van der Waals surface area contributed by atoms with Crippen LogP contribution in [-0.2, 0) is 29.0 Å². The van der Waals surface area contributed by atoms with Crippen LogP contribution in [0.1, 0.15) is 25.0 Å². The van der Waals surface area contributed by atoms with Gasteiger partial charge in [0.05, 0.1) is 25.8 Å². The Labute approximate surface area is 297 Å². The zero-order valence-electron chi connectivity index (χ0n) is 28.0. The molecule has 4 aromatic heterocycles. The number of aromatic nitrogens is 6. The number of aromatic amines is 1. The summed E-state index contributed by atoms with van der Waals surface area (Å²) in [6, 6.07) is 18.0. The lowest BCUT2D eigenvalue weighted by atomic mass is 10.1. The summed E-state index contributed by atoms with van der Waals surface area (Å²) in [6.45, 7) is 3.44. The first-order valence-corrected chi connectivity index (χ1v) is 17.7. The van der Waals surface area contributed by atoms with E-state index < -0.39 is 27.5 Å². The molecule has 17 heteroatoms. The van der Waals surface area contributed by atoms with Crippen molar-refractivity contribution in [3.05, 3.63) is 110 Å².